The van der Waals surface area contributed by atoms with Crippen molar-refractivity contribution in [3.8, 4) is 11.3 Å². The first kappa shape index (κ1) is 22.0. The van der Waals surface area contributed by atoms with E-state index >= 15 is 0 Å². The maximum Gasteiger partial charge on any atom is 0.224 e. The standard InChI is InChI=1S/C27H26N4O2/c1-20(32)29-25-14-12-21(13-15-25)16-26(33)28-17-24-19-31(18-22-8-4-2-5-9-22)30-27(24)23-10-6-3-7-11-23/h2-15,19H,16-18H2,1H3,(H,28,33)(H,29,32). The molecule has 2 N–H and O–H groups in total. The highest BCUT2D eigenvalue weighted by atomic mass is 16.2. The summed E-state index contributed by atoms with van der Waals surface area (Å²) in [5, 5.41) is 10.5. The van der Waals surface area contributed by atoms with Crippen LogP contribution in [0.1, 0.15) is 23.6 Å². The lowest BCUT2D eigenvalue weighted by Crippen LogP contribution is -2.24. The van der Waals surface area contributed by atoms with Gasteiger partial charge in [-0.1, -0.05) is 72.8 Å². The summed E-state index contributed by atoms with van der Waals surface area (Å²) in [6, 6.07) is 27.4. The molecule has 0 saturated carbocycles. The highest BCUT2D eigenvalue weighted by Crippen LogP contribution is 2.22. The summed E-state index contributed by atoms with van der Waals surface area (Å²) >= 11 is 0. The number of benzene rings is 3. The second-order valence-corrected chi connectivity index (χ2v) is 7.88. The van der Waals surface area contributed by atoms with Crippen molar-refractivity contribution in [2.75, 3.05) is 5.32 Å². The smallest absolute Gasteiger partial charge is 0.224 e. The van der Waals surface area contributed by atoms with Crippen LogP contribution in [-0.4, -0.2) is 21.6 Å². The van der Waals surface area contributed by atoms with E-state index in [0.29, 0.717) is 18.8 Å². The largest absolute Gasteiger partial charge is 0.352 e. The molecule has 4 aromatic rings. The Labute approximate surface area is 193 Å². The third kappa shape index (κ3) is 6.17. The van der Waals surface area contributed by atoms with Crippen molar-refractivity contribution in [2.45, 2.75) is 26.4 Å². The van der Waals surface area contributed by atoms with Crippen LogP contribution in [0.4, 0.5) is 5.69 Å². The van der Waals surface area contributed by atoms with Gasteiger partial charge in [-0.3, -0.25) is 14.3 Å². The van der Waals surface area contributed by atoms with Gasteiger partial charge in [0.05, 0.1) is 18.7 Å². The van der Waals surface area contributed by atoms with Crippen molar-refractivity contribution in [1.29, 1.82) is 0 Å². The number of amides is 2. The Kier molecular flexibility index (Phi) is 6.95. The van der Waals surface area contributed by atoms with E-state index in [9.17, 15) is 9.59 Å². The molecule has 0 unspecified atom stereocenters. The molecule has 166 valence electrons. The molecule has 1 heterocycles. The maximum absolute atomic E-state index is 12.6. The number of carbonyl (C=O) groups excluding carboxylic acids is 2. The second kappa shape index (κ2) is 10.4. The Morgan fingerprint density at radius 1 is 0.848 bits per heavy atom. The van der Waals surface area contributed by atoms with Crippen LogP contribution < -0.4 is 10.6 Å². The number of hydrogen-bond donors (Lipinski definition) is 2. The van der Waals surface area contributed by atoms with E-state index in [1.165, 1.54) is 6.92 Å². The predicted molar refractivity (Wildman–Crippen MR) is 130 cm³/mol. The van der Waals surface area contributed by atoms with Crippen molar-refractivity contribution < 1.29 is 9.59 Å². The molecule has 0 fully saturated rings. The van der Waals surface area contributed by atoms with Crippen LogP contribution in [-0.2, 0) is 29.1 Å². The first-order valence-electron chi connectivity index (χ1n) is 10.9. The minimum absolute atomic E-state index is 0.0721. The average molecular weight is 439 g/mol. The number of rotatable bonds is 8. The van der Waals surface area contributed by atoms with Gasteiger partial charge in [0.25, 0.3) is 0 Å². The van der Waals surface area contributed by atoms with Crippen LogP contribution in [0.3, 0.4) is 0 Å². The molecule has 4 rings (SSSR count). The lowest BCUT2D eigenvalue weighted by atomic mass is 10.1. The van der Waals surface area contributed by atoms with Crippen molar-refractivity contribution >= 4 is 17.5 Å². The van der Waals surface area contributed by atoms with Gasteiger partial charge in [0.1, 0.15) is 0 Å². The molecule has 6 heteroatoms. The lowest BCUT2D eigenvalue weighted by Gasteiger charge is -2.07. The van der Waals surface area contributed by atoms with Gasteiger partial charge in [-0.15, -0.1) is 0 Å². The van der Waals surface area contributed by atoms with E-state index in [-0.39, 0.29) is 18.2 Å². The fraction of sp³-hybridized carbons (Fsp3) is 0.148. The van der Waals surface area contributed by atoms with Gasteiger partial charge in [-0.25, -0.2) is 0 Å². The number of hydrogen-bond acceptors (Lipinski definition) is 3. The molecule has 6 nitrogen and oxygen atoms in total. The van der Waals surface area contributed by atoms with Gasteiger partial charge in [0.15, 0.2) is 0 Å². The van der Waals surface area contributed by atoms with Gasteiger partial charge < -0.3 is 10.6 Å². The van der Waals surface area contributed by atoms with Crippen LogP contribution >= 0.6 is 0 Å². The van der Waals surface area contributed by atoms with Crippen LogP contribution in [0.15, 0.2) is 91.1 Å². The molecular weight excluding hydrogens is 412 g/mol. The lowest BCUT2D eigenvalue weighted by molar-refractivity contribution is -0.120. The number of nitrogens with one attached hydrogen (secondary N) is 2. The molecule has 2 amide bonds. The molecule has 0 atom stereocenters. The van der Waals surface area contributed by atoms with E-state index in [2.05, 4.69) is 22.8 Å². The minimum Gasteiger partial charge on any atom is -0.352 e. The summed E-state index contributed by atoms with van der Waals surface area (Å²) in [5.41, 5.74) is 5.60. The van der Waals surface area contributed by atoms with Gasteiger partial charge >= 0.3 is 0 Å². The fourth-order valence-corrected chi connectivity index (χ4v) is 3.63. The van der Waals surface area contributed by atoms with Crippen molar-refractivity contribution in [1.82, 2.24) is 15.1 Å². The van der Waals surface area contributed by atoms with E-state index in [1.807, 2.05) is 71.5 Å². The molecule has 0 bridgehead atoms. The molecule has 1 aromatic heterocycles. The molecule has 0 aliphatic rings. The minimum atomic E-state index is -0.123. The van der Waals surface area contributed by atoms with Crippen molar-refractivity contribution in [3.63, 3.8) is 0 Å². The quantitative estimate of drug-likeness (QED) is 0.428. The normalized spacial score (nSPS) is 10.6. The zero-order valence-corrected chi connectivity index (χ0v) is 18.5. The Bertz CT molecular complexity index is 1220. The SMILES string of the molecule is CC(=O)Nc1ccc(CC(=O)NCc2cn(Cc3ccccc3)nc2-c2ccccc2)cc1. The molecule has 33 heavy (non-hydrogen) atoms. The number of anilines is 1. The number of aromatic nitrogens is 2. The third-order valence-corrected chi connectivity index (χ3v) is 5.19. The molecule has 0 aliphatic heterocycles. The van der Waals surface area contributed by atoms with Crippen LogP contribution in [0.5, 0.6) is 0 Å². The Morgan fingerprint density at radius 2 is 1.52 bits per heavy atom. The third-order valence-electron chi connectivity index (χ3n) is 5.19. The zero-order valence-electron chi connectivity index (χ0n) is 18.5. The topological polar surface area (TPSA) is 76.0 Å². The van der Waals surface area contributed by atoms with Gasteiger partial charge in [0.2, 0.25) is 11.8 Å². The highest BCUT2D eigenvalue weighted by Gasteiger charge is 2.13. The average Bonchev–Trinajstić information content (AvgIpc) is 3.22. The van der Waals surface area contributed by atoms with E-state index in [0.717, 1.165) is 27.9 Å². The molecule has 0 saturated heterocycles. The predicted octanol–water partition coefficient (Wildman–Crippen LogP) is 4.42. The first-order chi connectivity index (χ1) is 16.1. The first-order valence-corrected chi connectivity index (χ1v) is 10.9. The summed E-state index contributed by atoms with van der Waals surface area (Å²) in [5.74, 6) is -0.195. The van der Waals surface area contributed by atoms with E-state index < -0.39 is 0 Å². The van der Waals surface area contributed by atoms with E-state index in [4.69, 9.17) is 5.10 Å². The van der Waals surface area contributed by atoms with Crippen LogP contribution in [0, 0.1) is 0 Å². The Balaban J connectivity index is 1.45. The molecule has 3 aromatic carbocycles. The summed E-state index contributed by atoms with van der Waals surface area (Å²) < 4.78 is 1.92. The van der Waals surface area contributed by atoms with Crippen molar-refractivity contribution in [2.24, 2.45) is 0 Å². The van der Waals surface area contributed by atoms with E-state index in [1.54, 1.807) is 12.1 Å². The molecule has 0 aliphatic carbocycles. The highest BCUT2D eigenvalue weighted by molar-refractivity contribution is 5.88. The summed E-state index contributed by atoms with van der Waals surface area (Å²) in [6.07, 6.45) is 2.26. The van der Waals surface area contributed by atoms with Gasteiger partial charge in [0, 0.05) is 36.5 Å². The van der Waals surface area contributed by atoms with Gasteiger partial charge in [-0.05, 0) is 23.3 Å². The number of carbonyl (C=O) groups is 2. The fourth-order valence-electron chi connectivity index (χ4n) is 3.63. The zero-order chi connectivity index (χ0) is 23.0. The second-order valence-electron chi connectivity index (χ2n) is 7.88. The van der Waals surface area contributed by atoms with Crippen LogP contribution in [0.25, 0.3) is 11.3 Å². The number of nitrogens with zero attached hydrogens (tertiary/aromatic N) is 2. The summed E-state index contributed by atoms with van der Waals surface area (Å²) in [7, 11) is 0. The van der Waals surface area contributed by atoms with Crippen molar-refractivity contribution in [3.05, 3.63) is 108 Å². The van der Waals surface area contributed by atoms with Crippen LogP contribution in [0.2, 0.25) is 0 Å². The monoisotopic (exact) mass is 438 g/mol. The summed E-state index contributed by atoms with van der Waals surface area (Å²) in [6.45, 7) is 2.52. The van der Waals surface area contributed by atoms with Gasteiger partial charge in [-0.2, -0.15) is 5.10 Å². The summed E-state index contributed by atoms with van der Waals surface area (Å²) in [4.78, 5) is 23.7. The molecule has 0 radical (unpaired) electrons. The Hall–Kier alpha value is -4.19. The maximum atomic E-state index is 12.6. The Morgan fingerprint density at radius 3 is 2.18 bits per heavy atom. The molecular formula is C27H26N4O2. The molecule has 0 spiro atoms.